The van der Waals surface area contributed by atoms with Crippen LogP contribution in [0.3, 0.4) is 0 Å². The third kappa shape index (κ3) is 11.2. The van der Waals surface area contributed by atoms with E-state index in [-0.39, 0.29) is 6.42 Å². The lowest BCUT2D eigenvalue weighted by Crippen LogP contribution is -2.66. The molecule has 234 valence electrons. The zero-order valence-electron chi connectivity index (χ0n) is 22.2. The van der Waals surface area contributed by atoms with Crippen molar-refractivity contribution in [2.45, 2.75) is 145 Å². The fourth-order valence-corrected chi connectivity index (χ4v) is 4.43. The average molecular weight is 595 g/mol. The van der Waals surface area contributed by atoms with Gasteiger partial charge in [-0.1, -0.05) is 64.2 Å². The van der Waals surface area contributed by atoms with E-state index in [0.29, 0.717) is 18.9 Å². The lowest BCUT2D eigenvalue weighted by Gasteiger charge is -2.37. The molecule has 1 rings (SSSR count). The molecule has 0 amide bonds. The van der Waals surface area contributed by atoms with E-state index in [1.165, 1.54) is 6.42 Å². The molecular weight excluding hydrogens is 553 g/mol. The van der Waals surface area contributed by atoms with Gasteiger partial charge in [0.2, 0.25) is 0 Å². The van der Waals surface area contributed by atoms with Crippen molar-refractivity contribution in [2.24, 2.45) is 0 Å². The summed E-state index contributed by atoms with van der Waals surface area (Å²) in [6, 6.07) is 0. The van der Waals surface area contributed by atoms with E-state index in [4.69, 9.17) is 9.47 Å². The Morgan fingerprint density at radius 3 is 1.49 bits per heavy atom. The molecule has 1 aliphatic rings. The number of halogens is 11. The first-order valence-corrected chi connectivity index (χ1v) is 13.9. The van der Waals surface area contributed by atoms with E-state index >= 15 is 0 Å². The summed E-state index contributed by atoms with van der Waals surface area (Å²) in [5.74, 6) is -27.2. The maximum atomic E-state index is 13.6. The van der Waals surface area contributed by atoms with Gasteiger partial charge in [-0.05, 0) is 38.5 Å². The molecule has 0 aromatic carbocycles. The summed E-state index contributed by atoms with van der Waals surface area (Å²) in [6.07, 6.45) is 3.64. The summed E-state index contributed by atoms with van der Waals surface area (Å²) >= 11 is 0. The second kappa shape index (κ2) is 16.6. The monoisotopic (exact) mass is 594 g/mol. The van der Waals surface area contributed by atoms with Crippen molar-refractivity contribution >= 4 is 0 Å². The van der Waals surface area contributed by atoms with Crippen molar-refractivity contribution in [3.63, 3.8) is 0 Å². The fourth-order valence-electron chi connectivity index (χ4n) is 4.43. The molecule has 0 radical (unpaired) electrons. The van der Waals surface area contributed by atoms with Crippen LogP contribution in [0.25, 0.3) is 0 Å². The Bertz CT molecular complexity index is 648. The Hall–Kier alpha value is -0.850. The zero-order valence-corrected chi connectivity index (χ0v) is 22.2. The maximum Gasteiger partial charge on any atom is 0.460 e. The van der Waals surface area contributed by atoms with Crippen LogP contribution >= 0.6 is 0 Å². The first-order chi connectivity index (χ1) is 18.1. The molecule has 1 aliphatic heterocycles. The minimum Gasteiger partial charge on any atom is -0.381 e. The highest BCUT2D eigenvalue weighted by molar-refractivity contribution is 5.06. The predicted octanol–water partition coefficient (Wildman–Crippen LogP) is 10.1. The lowest BCUT2D eigenvalue weighted by molar-refractivity contribution is -0.422. The molecule has 1 heterocycles. The van der Waals surface area contributed by atoms with E-state index in [2.05, 4.69) is 0 Å². The van der Waals surface area contributed by atoms with Crippen LogP contribution in [0.2, 0.25) is 0 Å². The van der Waals surface area contributed by atoms with Crippen molar-refractivity contribution in [2.75, 3.05) is 19.8 Å². The number of ether oxygens (including phenoxy) is 2. The van der Waals surface area contributed by atoms with Crippen LogP contribution < -0.4 is 0 Å². The highest BCUT2D eigenvalue weighted by Crippen LogP contribution is 2.58. The maximum absolute atomic E-state index is 13.6. The molecule has 0 aromatic rings. The van der Waals surface area contributed by atoms with Gasteiger partial charge >= 0.3 is 29.9 Å². The molecule has 0 spiro atoms. The van der Waals surface area contributed by atoms with Gasteiger partial charge in [-0.15, -0.1) is 0 Å². The summed E-state index contributed by atoms with van der Waals surface area (Å²) in [7, 11) is 0. The van der Waals surface area contributed by atoms with Crippen LogP contribution in [0.1, 0.15) is 109 Å². The summed E-state index contributed by atoms with van der Waals surface area (Å²) in [5, 5.41) is 0. The van der Waals surface area contributed by atoms with Gasteiger partial charge in [0.05, 0.1) is 6.10 Å². The topological polar surface area (TPSA) is 18.5 Å². The molecule has 1 fully saturated rings. The summed E-state index contributed by atoms with van der Waals surface area (Å²) in [4.78, 5) is 0. The van der Waals surface area contributed by atoms with Crippen molar-refractivity contribution in [1.82, 2.24) is 0 Å². The van der Waals surface area contributed by atoms with Gasteiger partial charge in [-0.3, -0.25) is 0 Å². The van der Waals surface area contributed by atoms with Crippen LogP contribution in [0.15, 0.2) is 0 Å². The van der Waals surface area contributed by atoms with Crippen LogP contribution in [0, 0.1) is 0 Å². The SMILES string of the molecule is FC(F)(F)C(F)(F)C(F)(F)C(F)(F)C(F)(F)CCCCCCCCCCCCCCOCCC1CCCCO1. The third-order valence-corrected chi connectivity index (χ3v) is 6.99. The number of unbranched alkanes of at least 4 members (excludes halogenated alkanes) is 11. The Morgan fingerprint density at radius 2 is 1.03 bits per heavy atom. The minimum atomic E-state index is -7.31. The summed E-state index contributed by atoms with van der Waals surface area (Å²) in [6.45, 7) is 2.30. The molecule has 39 heavy (non-hydrogen) atoms. The smallest absolute Gasteiger partial charge is 0.381 e. The Balaban J connectivity index is 2.04. The molecular formula is C26H41F11O2. The van der Waals surface area contributed by atoms with E-state index in [1.54, 1.807) is 0 Å². The normalized spacial score (nSPS) is 18.1. The second-order valence-electron chi connectivity index (χ2n) is 10.3. The van der Waals surface area contributed by atoms with Gasteiger partial charge in [0, 0.05) is 26.2 Å². The largest absolute Gasteiger partial charge is 0.460 e. The number of hydrogen-bond donors (Lipinski definition) is 0. The molecule has 1 unspecified atom stereocenters. The first-order valence-electron chi connectivity index (χ1n) is 13.9. The quantitative estimate of drug-likeness (QED) is 0.0973. The number of hydrogen-bond acceptors (Lipinski definition) is 2. The predicted molar refractivity (Wildman–Crippen MR) is 125 cm³/mol. The summed E-state index contributed by atoms with van der Waals surface area (Å²) < 4.78 is 154. The lowest BCUT2D eigenvalue weighted by atomic mass is 9.94. The molecule has 13 heteroatoms. The van der Waals surface area contributed by atoms with E-state index in [1.807, 2.05) is 0 Å². The van der Waals surface area contributed by atoms with Crippen molar-refractivity contribution in [1.29, 1.82) is 0 Å². The number of alkyl halides is 11. The van der Waals surface area contributed by atoms with E-state index in [9.17, 15) is 48.3 Å². The first kappa shape index (κ1) is 36.2. The fraction of sp³-hybridized carbons (Fsp3) is 1.00. The molecule has 1 saturated heterocycles. The minimum absolute atomic E-state index is 0.0668. The van der Waals surface area contributed by atoms with Crippen LogP contribution in [-0.4, -0.2) is 55.8 Å². The standard InChI is InChI=1S/C26H41F11O2/c27-22(28,23(29,30)24(31,32)25(33,34)26(35,36)37)17-12-9-7-5-3-1-2-4-6-8-10-13-18-38-20-16-21-15-11-14-19-39-21/h21H,1-20H2. The number of rotatable bonds is 21. The summed E-state index contributed by atoms with van der Waals surface area (Å²) in [5.41, 5.74) is 0. The molecule has 0 aliphatic carbocycles. The van der Waals surface area contributed by atoms with Crippen molar-refractivity contribution in [3.8, 4) is 0 Å². The molecule has 0 N–H and O–H groups in total. The molecule has 1 atom stereocenters. The molecule has 0 saturated carbocycles. The molecule has 2 nitrogen and oxygen atoms in total. The Kier molecular flexibility index (Phi) is 15.4. The Morgan fingerprint density at radius 1 is 0.538 bits per heavy atom. The van der Waals surface area contributed by atoms with Crippen molar-refractivity contribution in [3.05, 3.63) is 0 Å². The van der Waals surface area contributed by atoms with Gasteiger partial charge < -0.3 is 9.47 Å². The van der Waals surface area contributed by atoms with E-state index < -0.39 is 42.7 Å². The zero-order chi connectivity index (χ0) is 29.6. The molecule has 0 bridgehead atoms. The van der Waals surface area contributed by atoms with Crippen LogP contribution in [-0.2, 0) is 9.47 Å². The second-order valence-corrected chi connectivity index (χ2v) is 10.3. The van der Waals surface area contributed by atoms with Gasteiger partial charge in [-0.25, -0.2) is 0 Å². The highest BCUT2D eigenvalue weighted by Gasteiger charge is 2.86. The van der Waals surface area contributed by atoms with Crippen LogP contribution in [0.5, 0.6) is 0 Å². The molecule has 0 aromatic heterocycles. The van der Waals surface area contributed by atoms with Gasteiger partial charge in [0.25, 0.3) is 0 Å². The van der Waals surface area contributed by atoms with Gasteiger partial charge in [0.15, 0.2) is 0 Å². The Labute approximate surface area is 223 Å². The highest BCUT2D eigenvalue weighted by atomic mass is 19.4. The van der Waals surface area contributed by atoms with Gasteiger partial charge in [-0.2, -0.15) is 48.3 Å². The van der Waals surface area contributed by atoms with Crippen LogP contribution in [0.4, 0.5) is 48.3 Å². The van der Waals surface area contributed by atoms with E-state index in [0.717, 1.165) is 90.4 Å². The van der Waals surface area contributed by atoms with Gasteiger partial charge in [0.1, 0.15) is 0 Å². The third-order valence-electron chi connectivity index (χ3n) is 6.99. The average Bonchev–Trinajstić information content (AvgIpc) is 2.85. The van der Waals surface area contributed by atoms with Crippen molar-refractivity contribution < 1.29 is 57.8 Å².